The number of nitrogens with one attached hydrogen (secondary N) is 3. The van der Waals surface area contributed by atoms with Crippen LogP contribution >= 0.6 is 0 Å². The number of carbonyl (C=O) groups is 1. The molecule has 6 nitrogen and oxygen atoms in total. The Morgan fingerprint density at radius 1 is 1.03 bits per heavy atom. The number of carbonyl (C=O) groups excluding carboxylic acids is 1. The number of quaternary nitrogens is 1. The molecule has 1 fully saturated rings. The van der Waals surface area contributed by atoms with Crippen LogP contribution in [0.15, 0.2) is 77.4 Å². The number of anilines is 2. The molecular weight excluding hydrogens is 388 g/mol. The Kier molecular flexibility index (Phi) is 6.89. The molecule has 2 aromatic carbocycles. The monoisotopic (exact) mass is 419 g/mol. The number of rotatable bonds is 8. The Morgan fingerprint density at radius 2 is 1.77 bits per heavy atom. The van der Waals surface area contributed by atoms with Crippen molar-refractivity contribution in [3.8, 4) is 0 Å². The average Bonchev–Trinajstić information content (AvgIpc) is 3.33. The van der Waals surface area contributed by atoms with E-state index in [0.29, 0.717) is 6.54 Å². The first kappa shape index (κ1) is 21.0. The van der Waals surface area contributed by atoms with Crippen molar-refractivity contribution in [2.75, 3.05) is 36.4 Å². The first-order chi connectivity index (χ1) is 15.2. The van der Waals surface area contributed by atoms with Gasteiger partial charge in [-0.1, -0.05) is 30.3 Å². The van der Waals surface area contributed by atoms with Gasteiger partial charge < -0.3 is 24.9 Å². The molecule has 31 heavy (non-hydrogen) atoms. The minimum Gasteiger partial charge on any atom is -0.467 e. The van der Waals surface area contributed by atoms with Crippen molar-refractivity contribution in [3.05, 3.63) is 84.3 Å². The summed E-state index contributed by atoms with van der Waals surface area (Å²) in [5.74, 6) is 0.689. The molecule has 0 radical (unpaired) electrons. The number of furan rings is 1. The summed E-state index contributed by atoms with van der Waals surface area (Å²) in [6.07, 6.45) is 1.61. The second-order valence-corrected chi connectivity index (χ2v) is 8.11. The van der Waals surface area contributed by atoms with Gasteiger partial charge in [0.25, 0.3) is 0 Å². The minimum absolute atomic E-state index is 0.0574. The Labute approximate surface area is 183 Å². The van der Waals surface area contributed by atoms with Crippen molar-refractivity contribution in [1.29, 1.82) is 0 Å². The SMILES string of the molecule is C[C@H](Nc1ccc(N2CC[NH+](Cc3ccccc3)CC2)cc1)C(=O)NCc1ccco1. The van der Waals surface area contributed by atoms with Crippen LogP contribution in [-0.4, -0.2) is 38.1 Å². The van der Waals surface area contributed by atoms with Crippen molar-refractivity contribution < 1.29 is 14.1 Å². The third-order valence-corrected chi connectivity index (χ3v) is 5.79. The number of nitrogens with zero attached hydrogens (tertiary/aromatic N) is 1. The lowest BCUT2D eigenvalue weighted by atomic mass is 10.2. The summed E-state index contributed by atoms with van der Waals surface area (Å²) in [5.41, 5.74) is 3.58. The highest BCUT2D eigenvalue weighted by Crippen LogP contribution is 2.18. The second-order valence-electron chi connectivity index (χ2n) is 8.11. The molecule has 6 heteroatoms. The highest BCUT2D eigenvalue weighted by Gasteiger charge is 2.20. The smallest absolute Gasteiger partial charge is 0.242 e. The van der Waals surface area contributed by atoms with Crippen LogP contribution < -0.4 is 20.4 Å². The molecule has 0 saturated carbocycles. The predicted molar refractivity (Wildman–Crippen MR) is 123 cm³/mol. The van der Waals surface area contributed by atoms with Crippen LogP contribution in [-0.2, 0) is 17.9 Å². The molecular formula is C25H31N4O2+. The van der Waals surface area contributed by atoms with Crippen molar-refractivity contribution in [3.63, 3.8) is 0 Å². The topological polar surface area (TPSA) is 62.0 Å². The van der Waals surface area contributed by atoms with Crippen molar-refractivity contribution in [1.82, 2.24) is 5.32 Å². The van der Waals surface area contributed by atoms with Crippen molar-refractivity contribution in [2.45, 2.75) is 26.1 Å². The number of hydrogen-bond acceptors (Lipinski definition) is 4. The van der Waals surface area contributed by atoms with Crippen LogP contribution in [0.2, 0.25) is 0 Å². The van der Waals surface area contributed by atoms with Crippen LogP contribution in [0, 0.1) is 0 Å². The Morgan fingerprint density at radius 3 is 2.45 bits per heavy atom. The fourth-order valence-electron chi connectivity index (χ4n) is 3.97. The molecule has 3 aromatic rings. The fraction of sp³-hybridized carbons (Fsp3) is 0.320. The first-order valence-corrected chi connectivity index (χ1v) is 11.0. The zero-order chi connectivity index (χ0) is 21.5. The molecule has 0 spiro atoms. The molecule has 1 aliphatic heterocycles. The van der Waals surface area contributed by atoms with Crippen LogP contribution in [0.5, 0.6) is 0 Å². The zero-order valence-corrected chi connectivity index (χ0v) is 18.0. The van der Waals surface area contributed by atoms with E-state index in [2.05, 4.69) is 70.1 Å². The molecule has 1 atom stereocenters. The lowest BCUT2D eigenvalue weighted by Gasteiger charge is -2.33. The largest absolute Gasteiger partial charge is 0.467 e. The molecule has 1 saturated heterocycles. The summed E-state index contributed by atoms with van der Waals surface area (Å²) in [6, 6.07) is 22.4. The molecule has 162 valence electrons. The van der Waals surface area contributed by atoms with Crippen LogP contribution in [0.3, 0.4) is 0 Å². The second kappa shape index (κ2) is 10.2. The lowest BCUT2D eigenvalue weighted by Crippen LogP contribution is -3.13. The normalized spacial score (nSPS) is 15.5. The molecule has 1 amide bonds. The van der Waals surface area contributed by atoms with Gasteiger partial charge in [0.15, 0.2) is 0 Å². The Balaban J connectivity index is 1.23. The predicted octanol–water partition coefficient (Wildman–Crippen LogP) is 2.30. The van der Waals surface area contributed by atoms with Crippen molar-refractivity contribution in [2.24, 2.45) is 0 Å². The summed E-state index contributed by atoms with van der Waals surface area (Å²) in [7, 11) is 0. The highest BCUT2D eigenvalue weighted by atomic mass is 16.3. The van der Waals surface area contributed by atoms with E-state index >= 15 is 0 Å². The van der Waals surface area contributed by atoms with Gasteiger partial charge in [-0.2, -0.15) is 0 Å². The van der Waals surface area contributed by atoms with Gasteiger partial charge in [-0.15, -0.1) is 0 Å². The summed E-state index contributed by atoms with van der Waals surface area (Å²) in [5, 5.41) is 6.15. The maximum atomic E-state index is 12.3. The summed E-state index contributed by atoms with van der Waals surface area (Å²) in [6.45, 7) is 7.75. The Hall–Kier alpha value is -3.25. The van der Waals surface area contributed by atoms with E-state index in [1.807, 2.05) is 19.1 Å². The molecule has 4 rings (SSSR count). The van der Waals surface area contributed by atoms with E-state index in [1.165, 1.54) is 11.3 Å². The summed E-state index contributed by atoms with van der Waals surface area (Å²) < 4.78 is 5.25. The third-order valence-electron chi connectivity index (χ3n) is 5.79. The molecule has 3 N–H and O–H groups in total. The van der Waals surface area contributed by atoms with E-state index in [1.54, 1.807) is 11.2 Å². The van der Waals surface area contributed by atoms with Gasteiger partial charge in [0.1, 0.15) is 18.3 Å². The maximum absolute atomic E-state index is 12.3. The van der Waals surface area contributed by atoms with Gasteiger partial charge in [-0.05, 0) is 43.3 Å². The van der Waals surface area contributed by atoms with E-state index in [0.717, 1.165) is 44.2 Å². The molecule has 0 bridgehead atoms. The van der Waals surface area contributed by atoms with E-state index in [4.69, 9.17) is 4.42 Å². The summed E-state index contributed by atoms with van der Waals surface area (Å²) in [4.78, 5) is 16.4. The average molecular weight is 420 g/mol. The van der Waals surface area contributed by atoms with Crippen LogP contribution in [0.1, 0.15) is 18.2 Å². The quantitative estimate of drug-likeness (QED) is 0.524. The van der Waals surface area contributed by atoms with Gasteiger partial charge in [0.2, 0.25) is 5.91 Å². The summed E-state index contributed by atoms with van der Waals surface area (Å²) >= 11 is 0. The van der Waals surface area contributed by atoms with E-state index < -0.39 is 0 Å². The zero-order valence-electron chi connectivity index (χ0n) is 18.0. The van der Waals surface area contributed by atoms with Crippen molar-refractivity contribution >= 4 is 17.3 Å². The molecule has 2 heterocycles. The first-order valence-electron chi connectivity index (χ1n) is 11.0. The van der Waals surface area contributed by atoms with Gasteiger partial charge in [-0.25, -0.2) is 0 Å². The maximum Gasteiger partial charge on any atom is 0.242 e. The minimum atomic E-state index is -0.328. The molecule has 1 aromatic heterocycles. The lowest BCUT2D eigenvalue weighted by molar-refractivity contribution is -0.914. The standard InChI is InChI=1S/C25H30N4O2/c1-20(25(30)26-18-24-8-5-17-31-24)27-22-9-11-23(12-10-22)29-15-13-28(14-16-29)19-21-6-3-2-4-7-21/h2-12,17,20,27H,13-16,18-19H2,1H3,(H,26,30)/p+1/t20-/m0/s1. The number of piperazine rings is 1. The number of hydrogen-bond donors (Lipinski definition) is 3. The van der Waals surface area contributed by atoms with Gasteiger partial charge in [-0.3, -0.25) is 4.79 Å². The highest BCUT2D eigenvalue weighted by molar-refractivity contribution is 5.84. The van der Waals surface area contributed by atoms with E-state index in [-0.39, 0.29) is 11.9 Å². The number of benzene rings is 2. The van der Waals surface area contributed by atoms with Gasteiger partial charge >= 0.3 is 0 Å². The van der Waals surface area contributed by atoms with Gasteiger partial charge in [0.05, 0.1) is 39.0 Å². The molecule has 0 unspecified atom stereocenters. The molecule has 0 aliphatic carbocycles. The fourth-order valence-corrected chi connectivity index (χ4v) is 3.97. The third kappa shape index (κ3) is 5.89. The van der Waals surface area contributed by atoms with Crippen LogP contribution in [0.25, 0.3) is 0 Å². The number of amides is 1. The Bertz CT molecular complexity index is 933. The van der Waals surface area contributed by atoms with Gasteiger partial charge in [0, 0.05) is 16.9 Å². The van der Waals surface area contributed by atoms with E-state index in [9.17, 15) is 4.79 Å². The van der Waals surface area contributed by atoms with Crippen LogP contribution in [0.4, 0.5) is 11.4 Å². The molecule has 1 aliphatic rings.